The predicted molar refractivity (Wildman–Crippen MR) is 123 cm³/mol. The average Bonchev–Trinajstić information content (AvgIpc) is 2.79. The maximum Gasteiger partial charge on any atom is 0.306 e. The second-order valence-corrected chi connectivity index (χ2v) is 8.83. The zero-order chi connectivity index (χ0) is 24.1. The van der Waals surface area contributed by atoms with Crippen molar-refractivity contribution in [3.8, 4) is 17.2 Å². The largest absolute Gasteiger partial charge is 0.502 e. The summed E-state index contributed by atoms with van der Waals surface area (Å²) in [4.78, 5) is 26.6. The third kappa shape index (κ3) is 5.87. The van der Waals surface area contributed by atoms with Crippen molar-refractivity contribution in [1.82, 2.24) is 4.90 Å². The monoisotopic (exact) mass is 459 g/mol. The molecule has 0 fully saturated rings. The highest BCUT2D eigenvalue weighted by Crippen LogP contribution is 2.35. The fourth-order valence-corrected chi connectivity index (χ4v) is 4.34. The van der Waals surface area contributed by atoms with Crippen LogP contribution in [0.3, 0.4) is 0 Å². The summed E-state index contributed by atoms with van der Waals surface area (Å²) in [6.07, 6.45) is 1.43. The summed E-state index contributed by atoms with van der Waals surface area (Å²) in [5.74, 6) is 0.939. The van der Waals surface area contributed by atoms with Crippen LogP contribution in [0, 0.1) is 5.92 Å². The number of hydrogen-bond donors (Lipinski definition) is 1. The van der Waals surface area contributed by atoms with E-state index in [4.69, 9.17) is 18.6 Å². The van der Waals surface area contributed by atoms with Gasteiger partial charge in [-0.05, 0) is 42.0 Å². The molecule has 3 rings (SSSR count). The van der Waals surface area contributed by atoms with Gasteiger partial charge in [0.25, 0.3) is 0 Å². The van der Waals surface area contributed by atoms with E-state index in [1.165, 1.54) is 18.7 Å². The Morgan fingerprint density at radius 3 is 2.39 bits per heavy atom. The quantitative estimate of drug-likeness (QED) is 0.568. The van der Waals surface area contributed by atoms with Crippen LogP contribution < -0.4 is 14.9 Å². The third-order valence-electron chi connectivity index (χ3n) is 5.94. The molecule has 1 aromatic carbocycles. The van der Waals surface area contributed by atoms with Gasteiger partial charge in [-0.1, -0.05) is 13.8 Å². The Bertz CT molecular complexity index is 1040. The molecule has 0 spiro atoms. The van der Waals surface area contributed by atoms with Crippen LogP contribution in [0.1, 0.15) is 55.3 Å². The molecule has 33 heavy (non-hydrogen) atoms. The molecule has 8 heteroatoms. The van der Waals surface area contributed by atoms with Crippen LogP contribution in [-0.4, -0.2) is 43.8 Å². The number of benzene rings is 1. The highest BCUT2D eigenvalue weighted by atomic mass is 16.5. The first kappa shape index (κ1) is 24.6. The first-order valence-electron chi connectivity index (χ1n) is 11.1. The minimum absolute atomic E-state index is 0.0351. The van der Waals surface area contributed by atoms with Gasteiger partial charge in [0.05, 0.1) is 34.3 Å². The molecule has 1 aromatic heterocycles. The van der Waals surface area contributed by atoms with E-state index < -0.39 is 23.1 Å². The Balaban J connectivity index is 1.85. The van der Waals surface area contributed by atoms with Gasteiger partial charge in [-0.3, -0.25) is 14.5 Å². The van der Waals surface area contributed by atoms with Crippen LogP contribution >= 0.6 is 0 Å². The lowest BCUT2D eigenvalue weighted by Crippen LogP contribution is -2.30. The SMILES string of the molecule is COC(=O)C[C@H](CC(C)C)c1oc(CN2CCc3cc(OC)c(OC)cc3C2)cc(=O)c1O. The van der Waals surface area contributed by atoms with E-state index in [1.807, 2.05) is 26.0 Å². The summed E-state index contributed by atoms with van der Waals surface area (Å²) >= 11 is 0. The summed E-state index contributed by atoms with van der Waals surface area (Å²) in [6, 6.07) is 5.31. The van der Waals surface area contributed by atoms with Crippen LogP contribution in [0.2, 0.25) is 0 Å². The Morgan fingerprint density at radius 1 is 1.12 bits per heavy atom. The smallest absolute Gasteiger partial charge is 0.306 e. The van der Waals surface area contributed by atoms with Gasteiger partial charge >= 0.3 is 5.97 Å². The standard InChI is InChI=1S/C25H33NO7/c1-15(2)8-17(11-23(28)32-5)25-24(29)20(27)12-19(33-25)14-26-7-6-16-9-21(30-3)22(31-4)10-18(16)13-26/h9-10,12,15,17,29H,6-8,11,13-14H2,1-5H3/t17-/m0/s1. The van der Waals surface area contributed by atoms with Crippen LogP contribution in [0.25, 0.3) is 0 Å². The predicted octanol–water partition coefficient (Wildman–Crippen LogP) is 3.61. The molecule has 180 valence electrons. The molecule has 2 heterocycles. The average molecular weight is 460 g/mol. The number of rotatable bonds is 9. The minimum Gasteiger partial charge on any atom is -0.502 e. The van der Waals surface area contributed by atoms with Crippen LogP contribution in [-0.2, 0) is 29.0 Å². The Morgan fingerprint density at radius 2 is 1.79 bits per heavy atom. The lowest BCUT2D eigenvalue weighted by molar-refractivity contribution is -0.141. The van der Waals surface area contributed by atoms with E-state index in [-0.39, 0.29) is 18.1 Å². The number of ether oxygens (including phenoxy) is 3. The van der Waals surface area contributed by atoms with Gasteiger partial charge in [0, 0.05) is 25.1 Å². The molecule has 1 N–H and O–H groups in total. The number of carbonyl (C=O) groups is 1. The van der Waals surface area contributed by atoms with Gasteiger partial charge in [0.2, 0.25) is 11.2 Å². The molecule has 8 nitrogen and oxygen atoms in total. The van der Waals surface area contributed by atoms with Crippen LogP contribution in [0.5, 0.6) is 17.2 Å². The number of esters is 1. The molecule has 0 aliphatic carbocycles. The summed E-state index contributed by atoms with van der Waals surface area (Å²) in [5, 5.41) is 10.4. The van der Waals surface area contributed by atoms with E-state index in [9.17, 15) is 14.7 Å². The van der Waals surface area contributed by atoms with Crippen molar-refractivity contribution in [2.45, 2.75) is 52.1 Å². The Hall–Kier alpha value is -3.00. The van der Waals surface area contributed by atoms with Crippen molar-refractivity contribution in [3.63, 3.8) is 0 Å². The molecular weight excluding hydrogens is 426 g/mol. The highest BCUT2D eigenvalue weighted by Gasteiger charge is 2.27. The third-order valence-corrected chi connectivity index (χ3v) is 5.94. The lowest BCUT2D eigenvalue weighted by atomic mass is 9.91. The first-order chi connectivity index (χ1) is 15.7. The molecule has 1 aliphatic heterocycles. The molecule has 1 aliphatic rings. The first-order valence-corrected chi connectivity index (χ1v) is 11.1. The highest BCUT2D eigenvalue weighted by molar-refractivity contribution is 5.70. The Kier molecular flexibility index (Phi) is 8.02. The molecule has 0 unspecified atom stereocenters. The second-order valence-electron chi connectivity index (χ2n) is 8.83. The van der Waals surface area contributed by atoms with E-state index in [0.29, 0.717) is 36.8 Å². The van der Waals surface area contributed by atoms with E-state index in [0.717, 1.165) is 18.5 Å². The topological polar surface area (TPSA) is 98.4 Å². The number of hydrogen-bond acceptors (Lipinski definition) is 8. The number of fused-ring (bicyclic) bond motifs is 1. The van der Waals surface area contributed by atoms with E-state index >= 15 is 0 Å². The maximum absolute atomic E-state index is 12.5. The summed E-state index contributed by atoms with van der Waals surface area (Å²) < 4.78 is 21.7. The Labute approximate surface area is 194 Å². The molecule has 0 bridgehead atoms. The number of carbonyl (C=O) groups excluding carboxylic acids is 1. The molecule has 0 saturated heterocycles. The maximum atomic E-state index is 12.5. The molecular formula is C25H33NO7. The van der Waals surface area contributed by atoms with E-state index in [1.54, 1.807) is 14.2 Å². The number of nitrogens with zero attached hydrogens (tertiary/aromatic N) is 1. The van der Waals surface area contributed by atoms with Crippen molar-refractivity contribution in [3.05, 3.63) is 51.1 Å². The van der Waals surface area contributed by atoms with Crippen molar-refractivity contribution in [1.29, 1.82) is 0 Å². The van der Waals surface area contributed by atoms with Gasteiger partial charge < -0.3 is 23.7 Å². The molecule has 0 saturated carbocycles. The zero-order valence-corrected chi connectivity index (χ0v) is 20.0. The van der Waals surface area contributed by atoms with Gasteiger partial charge in [-0.15, -0.1) is 0 Å². The second kappa shape index (κ2) is 10.7. The summed E-state index contributed by atoms with van der Waals surface area (Å²) in [6.45, 7) is 5.87. The zero-order valence-electron chi connectivity index (χ0n) is 20.0. The summed E-state index contributed by atoms with van der Waals surface area (Å²) in [5.41, 5.74) is 1.82. The van der Waals surface area contributed by atoms with Crippen molar-refractivity contribution in [2.24, 2.45) is 5.92 Å². The van der Waals surface area contributed by atoms with E-state index in [2.05, 4.69) is 4.90 Å². The fourth-order valence-electron chi connectivity index (χ4n) is 4.34. The normalized spacial score (nSPS) is 14.6. The lowest BCUT2D eigenvalue weighted by Gasteiger charge is -2.29. The van der Waals surface area contributed by atoms with Gasteiger partial charge in [-0.2, -0.15) is 0 Å². The molecule has 2 aromatic rings. The molecule has 0 radical (unpaired) electrons. The van der Waals surface area contributed by atoms with Crippen molar-refractivity contribution < 1.29 is 28.5 Å². The summed E-state index contributed by atoms with van der Waals surface area (Å²) in [7, 11) is 4.55. The number of methoxy groups -OCH3 is 3. The molecule has 0 amide bonds. The number of aromatic hydroxyl groups is 1. The van der Waals surface area contributed by atoms with Crippen molar-refractivity contribution in [2.75, 3.05) is 27.9 Å². The van der Waals surface area contributed by atoms with Crippen LogP contribution in [0.4, 0.5) is 0 Å². The van der Waals surface area contributed by atoms with Gasteiger partial charge in [0.1, 0.15) is 5.76 Å². The minimum atomic E-state index is -0.506. The van der Waals surface area contributed by atoms with Crippen molar-refractivity contribution >= 4 is 5.97 Å². The van der Waals surface area contributed by atoms with Gasteiger partial charge in [-0.25, -0.2) is 0 Å². The fraction of sp³-hybridized carbons (Fsp3) is 0.520. The van der Waals surface area contributed by atoms with Gasteiger partial charge in [0.15, 0.2) is 17.3 Å². The molecule has 1 atom stereocenters. The van der Waals surface area contributed by atoms with Crippen LogP contribution in [0.15, 0.2) is 27.4 Å².